The number of nitrogens with zero attached hydrogens (tertiary/aromatic N) is 4. The summed E-state index contributed by atoms with van der Waals surface area (Å²) < 4.78 is 34.8. The van der Waals surface area contributed by atoms with Crippen molar-refractivity contribution in [3.8, 4) is 23.0 Å². The second kappa shape index (κ2) is 16.6. The van der Waals surface area contributed by atoms with Gasteiger partial charge in [-0.05, 0) is 97.1 Å². The summed E-state index contributed by atoms with van der Waals surface area (Å²) in [5.41, 5.74) is 6.24. The summed E-state index contributed by atoms with van der Waals surface area (Å²) in [4.78, 5) is 10.4. The third-order valence-electron chi connectivity index (χ3n) is 11.3. The van der Waals surface area contributed by atoms with Gasteiger partial charge in [0.1, 0.15) is 0 Å². The number of fused-ring (bicyclic) bond motifs is 6. The van der Waals surface area contributed by atoms with Gasteiger partial charge >= 0.3 is 0 Å². The molecule has 9 heteroatoms. The van der Waals surface area contributed by atoms with Crippen LogP contribution in [0.25, 0.3) is 0 Å². The molecule has 0 radical (unpaired) electrons. The van der Waals surface area contributed by atoms with Crippen molar-refractivity contribution in [1.29, 1.82) is 0 Å². The number of hydrogen-bond donors (Lipinski definition) is 0. The minimum atomic E-state index is -0.355. The molecule has 4 heterocycles. The predicted molar refractivity (Wildman–Crippen MR) is 206 cm³/mol. The number of methoxy groups -OCH3 is 3. The van der Waals surface area contributed by atoms with E-state index in [4.69, 9.17) is 18.9 Å². The quantitative estimate of drug-likeness (QED) is 0.249. The lowest BCUT2D eigenvalue weighted by atomic mass is 9.84. The van der Waals surface area contributed by atoms with Gasteiger partial charge < -0.3 is 28.7 Å². The van der Waals surface area contributed by atoms with Crippen molar-refractivity contribution in [3.63, 3.8) is 0 Å². The maximum atomic E-state index is 12.4. The van der Waals surface area contributed by atoms with Gasteiger partial charge in [0.05, 0.1) is 34.6 Å². The van der Waals surface area contributed by atoms with E-state index in [1.807, 2.05) is 0 Å². The average Bonchev–Trinajstić information content (AvgIpc) is 3.07. The van der Waals surface area contributed by atoms with E-state index in [0.29, 0.717) is 48.0 Å². The highest BCUT2D eigenvalue weighted by Gasteiger charge is 2.39. The summed E-state index contributed by atoms with van der Waals surface area (Å²) in [5, 5.41) is 0. The van der Waals surface area contributed by atoms with Crippen molar-refractivity contribution >= 4 is 0 Å². The van der Waals surface area contributed by atoms with Crippen LogP contribution >= 0.6 is 0 Å². The molecule has 8 nitrogen and oxygen atoms in total. The van der Waals surface area contributed by atoms with Crippen molar-refractivity contribution in [3.05, 3.63) is 46.5 Å². The first-order valence-electron chi connectivity index (χ1n) is 19.2. The molecule has 4 aliphatic heterocycles. The monoisotopic (exact) mass is 711 g/mol. The van der Waals surface area contributed by atoms with Gasteiger partial charge in [0.2, 0.25) is 0 Å². The number of likely N-dealkylation sites (N-methyl/N-ethyl adjacent to an activating group) is 2. The minimum Gasteiger partial charge on any atom is -0.493 e. The molecule has 0 amide bonds. The zero-order valence-electron chi connectivity index (χ0n) is 33.6. The molecule has 0 saturated carbocycles. The zero-order chi connectivity index (χ0) is 37.1. The summed E-state index contributed by atoms with van der Waals surface area (Å²) in [6.45, 7) is 20.7. The molecule has 2 saturated heterocycles. The fourth-order valence-corrected chi connectivity index (χ4v) is 8.73. The molecule has 286 valence electrons. The lowest BCUT2D eigenvalue weighted by molar-refractivity contribution is 0.0213. The maximum Gasteiger partial charge on any atom is 0.161 e. The van der Waals surface area contributed by atoms with Gasteiger partial charge in [-0.15, -0.1) is 0 Å². The van der Waals surface area contributed by atoms with Crippen LogP contribution in [-0.4, -0.2) is 120 Å². The molecule has 0 bridgehead atoms. The Kier molecular flexibility index (Phi) is 12.9. The van der Waals surface area contributed by atoms with Crippen molar-refractivity contribution in [2.45, 2.75) is 97.8 Å². The summed E-state index contributed by atoms with van der Waals surface area (Å²) in [6.07, 6.45) is 4.99. The Labute approximate surface area is 308 Å². The van der Waals surface area contributed by atoms with Crippen LogP contribution in [0.4, 0.5) is 4.39 Å². The van der Waals surface area contributed by atoms with E-state index in [1.165, 1.54) is 35.1 Å². The average molecular weight is 711 g/mol. The van der Waals surface area contributed by atoms with E-state index in [-0.39, 0.29) is 6.67 Å². The van der Waals surface area contributed by atoms with E-state index in [1.54, 1.807) is 21.3 Å². The smallest absolute Gasteiger partial charge is 0.161 e. The van der Waals surface area contributed by atoms with Gasteiger partial charge in [-0.25, -0.2) is 0 Å². The molecule has 0 aromatic heterocycles. The topological polar surface area (TPSA) is 49.9 Å². The Morgan fingerprint density at radius 3 is 1.45 bits per heavy atom. The highest BCUT2D eigenvalue weighted by atomic mass is 19.1. The van der Waals surface area contributed by atoms with E-state index in [9.17, 15) is 4.39 Å². The highest BCUT2D eigenvalue weighted by molar-refractivity contribution is 5.51. The van der Waals surface area contributed by atoms with E-state index in [0.717, 1.165) is 75.1 Å². The second-order valence-corrected chi connectivity index (χ2v) is 17.7. The number of piperazine rings is 2. The first-order valence-corrected chi connectivity index (χ1v) is 19.2. The Balaban J connectivity index is 0.000000199. The molecular weight excluding hydrogens is 643 g/mol. The Morgan fingerprint density at radius 1 is 0.627 bits per heavy atom. The van der Waals surface area contributed by atoms with Crippen LogP contribution in [0.2, 0.25) is 0 Å². The van der Waals surface area contributed by atoms with Gasteiger partial charge in [0, 0.05) is 69.9 Å². The number of benzene rings is 2. The second-order valence-electron chi connectivity index (χ2n) is 17.7. The van der Waals surface area contributed by atoms with Crippen LogP contribution < -0.4 is 18.9 Å². The summed E-state index contributed by atoms with van der Waals surface area (Å²) in [7, 11) is 9.65. The lowest BCUT2D eigenvalue weighted by Crippen LogP contribution is -2.55. The number of hydrogen-bond acceptors (Lipinski definition) is 8. The molecular formula is C42H67FN4O4. The molecule has 2 fully saturated rings. The third-order valence-corrected chi connectivity index (χ3v) is 11.3. The van der Waals surface area contributed by atoms with Crippen molar-refractivity contribution < 1.29 is 23.3 Å². The van der Waals surface area contributed by atoms with Crippen LogP contribution in [0.15, 0.2) is 24.3 Å². The summed E-state index contributed by atoms with van der Waals surface area (Å²) in [6, 6.07) is 10.8. The Bertz CT molecular complexity index is 1460. The van der Waals surface area contributed by atoms with Crippen LogP contribution in [0.1, 0.15) is 95.1 Å². The summed E-state index contributed by atoms with van der Waals surface area (Å²) in [5.74, 6) is 3.19. The van der Waals surface area contributed by atoms with E-state index >= 15 is 0 Å². The first kappa shape index (κ1) is 39.6. The van der Waals surface area contributed by atoms with Crippen LogP contribution in [-0.2, 0) is 12.8 Å². The Hall–Kier alpha value is -2.59. The molecule has 2 aromatic rings. The number of ether oxygens (including phenoxy) is 4. The van der Waals surface area contributed by atoms with Crippen molar-refractivity contribution in [1.82, 2.24) is 19.6 Å². The predicted octanol–water partition coefficient (Wildman–Crippen LogP) is 7.44. The van der Waals surface area contributed by atoms with Gasteiger partial charge in [0.25, 0.3) is 0 Å². The molecule has 0 unspecified atom stereocenters. The Morgan fingerprint density at radius 2 is 1.04 bits per heavy atom. The van der Waals surface area contributed by atoms with Gasteiger partial charge in [-0.1, -0.05) is 41.5 Å². The number of rotatable bonds is 9. The number of halogens is 1. The molecule has 6 rings (SSSR count). The lowest BCUT2D eigenvalue weighted by Gasteiger charge is -2.49. The SMILES string of the molecule is COc1cc2c(cc1OC)[C@@H]1CN(C)[C@H](CC(C)(C)C)CN1CC2.COc1cc2c(cc1OCCCF)CCN1C[C@@H](CC(C)(C)C)N(C)C[C@@H]21. The van der Waals surface area contributed by atoms with Crippen molar-refractivity contribution in [2.24, 2.45) is 10.8 Å². The minimum absolute atomic E-state index is 0.342. The highest BCUT2D eigenvalue weighted by Crippen LogP contribution is 2.43. The zero-order valence-corrected chi connectivity index (χ0v) is 33.6. The molecule has 2 aromatic carbocycles. The van der Waals surface area contributed by atoms with Gasteiger partial charge in [0.15, 0.2) is 23.0 Å². The van der Waals surface area contributed by atoms with Gasteiger partial charge in [-0.2, -0.15) is 0 Å². The van der Waals surface area contributed by atoms with Crippen LogP contribution in [0, 0.1) is 10.8 Å². The molecule has 0 aliphatic carbocycles. The largest absolute Gasteiger partial charge is 0.493 e. The summed E-state index contributed by atoms with van der Waals surface area (Å²) >= 11 is 0. The standard InChI is InChI=1S/C22H35FN2O2.C20H32N2O2/c1-22(2,3)13-17-14-25-9-7-16-11-21(27-10-6-8-23)20(26-5)12-18(16)19(25)15-24(17)4;1-20(2,3)11-15-12-22-8-7-14-9-18(23-5)19(24-6)10-16(14)17(22)13-21(15)4/h11-12,17,19H,6-10,13-15H2,1-5H3;9-10,15,17H,7-8,11-13H2,1-6H3/t17-,19+;15-,17+/m11/s1. The number of alkyl halides is 1. The first-order chi connectivity index (χ1) is 24.1. The fourth-order valence-electron chi connectivity index (χ4n) is 8.73. The fraction of sp³-hybridized carbons (Fsp3) is 0.714. The normalized spacial score (nSPS) is 24.3. The van der Waals surface area contributed by atoms with Crippen molar-refractivity contribution in [2.75, 3.05) is 88.0 Å². The third kappa shape index (κ3) is 9.70. The maximum absolute atomic E-state index is 12.4. The van der Waals surface area contributed by atoms with E-state index in [2.05, 4.69) is 99.5 Å². The molecule has 0 N–H and O–H groups in total. The van der Waals surface area contributed by atoms with Crippen LogP contribution in [0.5, 0.6) is 23.0 Å². The molecule has 51 heavy (non-hydrogen) atoms. The molecule has 4 aliphatic rings. The van der Waals surface area contributed by atoms with Crippen LogP contribution in [0.3, 0.4) is 0 Å². The van der Waals surface area contributed by atoms with Gasteiger partial charge in [-0.3, -0.25) is 14.2 Å². The van der Waals surface area contributed by atoms with E-state index < -0.39 is 0 Å². The molecule has 4 atom stereocenters. The molecule has 0 spiro atoms.